The van der Waals surface area contributed by atoms with Crippen molar-refractivity contribution in [3.8, 4) is 5.75 Å². The first-order chi connectivity index (χ1) is 23.5. The van der Waals surface area contributed by atoms with E-state index in [1.54, 1.807) is 36.4 Å². The number of phenolic OH excluding ortho intramolecular Hbond substituents is 1. The zero-order valence-corrected chi connectivity index (χ0v) is 27.9. The van der Waals surface area contributed by atoms with Crippen LogP contribution in [-0.2, 0) is 29.9 Å². The fraction of sp³-hybridized carbons (Fsp3) is 0.417. The highest BCUT2D eigenvalue weighted by molar-refractivity contribution is 7.85. The molecule has 1 saturated carbocycles. The van der Waals surface area contributed by atoms with E-state index in [1.165, 1.54) is 24.5 Å². The second kappa shape index (κ2) is 14.3. The molecule has 4 fully saturated rings. The number of esters is 1. The van der Waals surface area contributed by atoms with Gasteiger partial charge in [0, 0.05) is 30.2 Å². The van der Waals surface area contributed by atoms with Gasteiger partial charge in [0.2, 0.25) is 0 Å². The van der Waals surface area contributed by atoms with Crippen molar-refractivity contribution in [2.45, 2.75) is 67.8 Å². The molecular formula is C36H40FN3O8S. The van der Waals surface area contributed by atoms with Crippen molar-refractivity contribution in [3.63, 3.8) is 0 Å². The molecule has 0 radical (unpaired) electrons. The summed E-state index contributed by atoms with van der Waals surface area (Å²) in [6, 6.07) is 17.4. The van der Waals surface area contributed by atoms with E-state index >= 15 is 0 Å². The Bertz CT molecular complexity index is 1900. The molecule has 260 valence electrons. The van der Waals surface area contributed by atoms with E-state index in [-0.39, 0.29) is 23.8 Å². The third-order valence-corrected chi connectivity index (χ3v) is 11.2. The SMILES string of the molecule is O=C(C[N+]12CCC(CC1)[C@@H](OC(=O)C1(c3cccc(F)c3)CCCCCC1)C2)Nc1ccon1.O=S(=O)([O-])c1ccc2ccccc2c1O. The number of phenols is 1. The number of nitrogens with one attached hydrogen (secondary N) is 1. The summed E-state index contributed by atoms with van der Waals surface area (Å²) in [6.07, 6.45) is 8.47. The van der Waals surface area contributed by atoms with Crippen LogP contribution in [0, 0.1) is 11.7 Å². The maximum absolute atomic E-state index is 14.1. The lowest BCUT2D eigenvalue weighted by Crippen LogP contribution is -2.66. The van der Waals surface area contributed by atoms with Gasteiger partial charge in [-0.25, -0.2) is 12.8 Å². The number of amides is 1. The topological polar surface area (TPSA) is 159 Å². The first-order valence-electron chi connectivity index (χ1n) is 16.7. The number of benzene rings is 3. The summed E-state index contributed by atoms with van der Waals surface area (Å²) in [4.78, 5) is 25.9. The lowest BCUT2D eigenvalue weighted by atomic mass is 9.74. The number of ether oxygens (including phenoxy) is 1. The first-order valence-corrected chi connectivity index (χ1v) is 18.1. The second-order valence-corrected chi connectivity index (χ2v) is 14.8. The number of carbonyl (C=O) groups is 2. The molecular weight excluding hydrogens is 653 g/mol. The Labute approximate surface area is 284 Å². The zero-order valence-electron chi connectivity index (χ0n) is 27.1. The largest absolute Gasteiger partial charge is 0.744 e. The quantitative estimate of drug-likeness (QED) is 0.108. The molecule has 4 aromatic rings. The zero-order chi connectivity index (χ0) is 34.6. The standard InChI is InChI=1S/C26H32FN3O4.C10H8O4S/c27-21-7-5-6-20(16-21)26(11-3-1-2-4-12-26)25(32)34-22-17-30(13-8-19(22)9-14-30)18-24(31)28-23-10-15-33-29-23;11-10-8-4-2-1-3-7(8)5-6-9(10)15(12,13)14/h5-7,10,15-16,19,22H,1-4,8-9,11-14,17-18H2;1-6,11H,(H,12,13,14)/t19?,22-,30?;/m0./s1. The van der Waals surface area contributed by atoms with Crippen LogP contribution in [0.5, 0.6) is 5.75 Å². The van der Waals surface area contributed by atoms with Crippen LogP contribution < -0.4 is 5.32 Å². The number of aromatic hydroxyl groups is 1. The molecule has 1 atom stereocenters. The Kier molecular flexibility index (Phi) is 10.0. The molecule has 3 aromatic carbocycles. The van der Waals surface area contributed by atoms with E-state index in [0.29, 0.717) is 52.9 Å². The van der Waals surface area contributed by atoms with Crippen molar-refractivity contribution < 1.29 is 45.8 Å². The maximum atomic E-state index is 14.1. The van der Waals surface area contributed by atoms with Gasteiger partial charge in [-0.3, -0.25) is 9.59 Å². The van der Waals surface area contributed by atoms with Crippen molar-refractivity contribution >= 4 is 38.6 Å². The molecule has 1 amide bonds. The Balaban J connectivity index is 0.000000232. The molecule has 1 aromatic heterocycles. The van der Waals surface area contributed by atoms with Crippen molar-refractivity contribution in [1.82, 2.24) is 5.16 Å². The summed E-state index contributed by atoms with van der Waals surface area (Å²) in [5.41, 5.74) is -0.0590. The van der Waals surface area contributed by atoms with Crippen molar-refractivity contribution in [2.24, 2.45) is 5.92 Å². The molecule has 3 aliphatic heterocycles. The highest BCUT2D eigenvalue weighted by atomic mass is 32.2. The predicted molar refractivity (Wildman–Crippen MR) is 177 cm³/mol. The lowest BCUT2D eigenvalue weighted by molar-refractivity contribution is -0.939. The van der Waals surface area contributed by atoms with Gasteiger partial charge in [0.1, 0.15) is 34.5 Å². The van der Waals surface area contributed by atoms with E-state index in [1.807, 2.05) is 6.07 Å². The Morgan fingerprint density at radius 2 is 1.76 bits per heavy atom. The van der Waals surface area contributed by atoms with Crippen LogP contribution in [0.25, 0.3) is 10.8 Å². The number of halogens is 1. The summed E-state index contributed by atoms with van der Waals surface area (Å²) in [7, 11) is -4.62. The minimum absolute atomic E-state index is 0.112. The van der Waals surface area contributed by atoms with Crippen molar-refractivity contribution in [2.75, 3.05) is 31.5 Å². The Morgan fingerprint density at radius 3 is 2.43 bits per heavy atom. The Hall–Kier alpha value is -4.33. The maximum Gasteiger partial charge on any atom is 0.317 e. The normalized spacial score (nSPS) is 23.1. The van der Waals surface area contributed by atoms with Gasteiger partial charge in [-0.1, -0.05) is 73.3 Å². The fourth-order valence-electron chi connectivity index (χ4n) is 7.76. The van der Waals surface area contributed by atoms with Crippen molar-refractivity contribution in [1.29, 1.82) is 0 Å². The minimum atomic E-state index is -4.62. The molecule has 49 heavy (non-hydrogen) atoms. The van der Waals surface area contributed by atoms with E-state index in [0.717, 1.165) is 63.2 Å². The molecule has 4 aliphatic rings. The first kappa shape index (κ1) is 34.5. The molecule has 2 bridgehead atoms. The molecule has 0 unspecified atom stereocenters. The predicted octanol–water partition coefficient (Wildman–Crippen LogP) is 5.65. The van der Waals surface area contributed by atoms with Crippen LogP contribution in [0.15, 0.2) is 82.4 Å². The highest BCUT2D eigenvalue weighted by Gasteiger charge is 2.51. The van der Waals surface area contributed by atoms with Gasteiger partial charge >= 0.3 is 5.97 Å². The number of carbonyl (C=O) groups excluding carboxylic acids is 2. The van der Waals surface area contributed by atoms with Crippen LogP contribution >= 0.6 is 0 Å². The van der Waals surface area contributed by atoms with Crippen LogP contribution in [0.4, 0.5) is 10.2 Å². The van der Waals surface area contributed by atoms with Crippen molar-refractivity contribution in [3.05, 3.63) is 84.4 Å². The monoisotopic (exact) mass is 693 g/mol. The number of hydrogen-bond donors (Lipinski definition) is 2. The highest BCUT2D eigenvalue weighted by Crippen LogP contribution is 2.42. The third-order valence-electron chi connectivity index (χ3n) is 10.3. The molecule has 3 saturated heterocycles. The summed E-state index contributed by atoms with van der Waals surface area (Å²) in [6.45, 7) is 2.77. The van der Waals surface area contributed by atoms with E-state index in [2.05, 4.69) is 10.5 Å². The minimum Gasteiger partial charge on any atom is -0.744 e. The number of anilines is 1. The number of fused-ring (bicyclic) bond motifs is 4. The third kappa shape index (κ3) is 7.63. The lowest BCUT2D eigenvalue weighted by Gasteiger charge is -2.52. The van der Waals surface area contributed by atoms with Gasteiger partial charge < -0.3 is 28.7 Å². The van der Waals surface area contributed by atoms with E-state index < -0.39 is 26.2 Å². The van der Waals surface area contributed by atoms with Crippen LogP contribution in [0.3, 0.4) is 0 Å². The average Bonchev–Trinajstić information content (AvgIpc) is 3.45. The summed E-state index contributed by atoms with van der Waals surface area (Å²) in [5, 5.41) is 17.2. The molecule has 11 nitrogen and oxygen atoms in total. The number of aromatic nitrogens is 1. The summed E-state index contributed by atoms with van der Waals surface area (Å²) >= 11 is 0. The number of rotatable bonds is 7. The smallest absolute Gasteiger partial charge is 0.317 e. The van der Waals surface area contributed by atoms with Gasteiger partial charge in [-0.15, -0.1) is 0 Å². The average molecular weight is 694 g/mol. The van der Waals surface area contributed by atoms with E-state index in [9.17, 15) is 32.1 Å². The number of hydrogen-bond acceptors (Lipinski definition) is 9. The number of quaternary nitrogens is 1. The molecule has 13 heteroatoms. The van der Waals surface area contributed by atoms with Crippen LogP contribution in [0.1, 0.15) is 56.9 Å². The Morgan fingerprint density at radius 1 is 1.02 bits per heavy atom. The molecule has 2 N–H and O–H groups in total. The summed E-state index contributed by atoms with van der Waals surface area (Å²) < 4.78 is 58.2. The molecule has 8 rings (SSSR count). The van der Waals surface area contributed by atoms with Gasteiger partial charge in [0.25, 0.3) is 5.91 Å². The van der Waals surface area contributed by atoms with Crippen LogP contribution in [-0.4, -0.2) is 71.9 Å². The molecule has 4 heterocycles. The van der Waals surface area contributed by atoms with Gasteiger partial charge in [0.05, 0.1) is 23.4 Å². The fourth-order valence-corrected chi connectivity index (χ4v) is 8.34. The second-order valence-electron chi connectivity index (χ2n) is 13.4. The molecule has 1 aliphatic carbocycles. The number of piperidine rings is 3. The van der Waals surface area contributed by atoms with Crippen LogP contribution in [0.2, 0.25) is 0 Å². The molecule has 0 spiro atoms. The van der Waals surface area contributed by atoms with Gasteiger partial charge in [-0.05, 0) is 42.0 Å². The van der Waals surface area contributed by atoms with Gasteiger partial charge in [-0.2, -0.15) is 0 Å². The summed E-state index contributed by atoms with van der Waals surface area (Å²) in [5.74, 6) is -0.410. The van der Waals surface area contributed by atoms with Gasteiger partial charge in [0.15, 0.2) is 18.5 Å². The number of nitrogens with zero attached hydrogens (tertiary/aromatic N) is 2. The van der Waals surface area contributed by atoms with E-state index in [4.69, 9.17) is 9.26 Å².